The highest BCUT2D eigenvalue weighted by Crippen LogP contribution is 2.30. The molecule has 0 aliphatic heterocycles. The van der Waals surface area contributed by atoms with Crippen LogP contribution in [0, 0.1) is 13.8 Å². The van der Waals surface area contributed by atoms with E-state index in [4.69, 9.17) is 5.84 Å². The number of hydrogen-bond donors (Lipinski definition) is 2. The van der Waals surface area contributed by atoms with E-state index < -0.39 is 0 Å². The van der Waals surface area contributed by atoms with E-state index in [1.807, 2.05) is 11.3 Å². The van der Waals surface area contributed by atoms with Crippen molar-refractivity contribution in [2.75, 3.05) is 0 Å². The van der Waals surface area contributed by atoms with Crippen LogP contribution in [0.15, 0.2) is 30.3 Å². The molecule has 0 saturated heterocycles. The minimum Gasteiger partial charge on any atom is -0.271 e. The molecule has 2 aromatic rings. The highest BCUT2D eigenvalue weighted by atomic mass is 32.1. The second-order valence-corrected chi connectivity index (χ2v) is 5.87. The molecule has 1 aromatic carbocycles. The summed E-state index contributed by atoms with van der Waals surface area (Å²) < 4.78 is 0. The van der Waals surface area contributed by atoms with E-state index in [9.17, 15) is 0 Å². The molecule has 0 aliphatic carbocycles. The molecule has 2 nitrogen and oxygen atoms in total. The summed E-state index contributed by atoms with van der Waals surface area (Å²) >= 11 is 1.81. The number of rotatable bonds is 4. The van der Waals surface area contributed by atoms with Crippen molar-refractivity contribution >= 4 is 11.3 Å². The lowest BCUT2D eigenvalue weighted by atomic mass is 10.0. The third-order valence-corrected chi connectivity index (χ3v) is 4.57. The molecule has 1 atom stereocenters. The second-order valence-electron chi connectivity index (χ2n) is 4.58. The fraction of sp³-hybridized carbons (Fsp3) is 0.333. The average Bonchev–Trinajstić information content (AvgIpc) is 2.71. The molecular formula is C15H20N2S. The Kier molecular flexibility index (Phi) is 4.17. The summed E-state index contributed by atoms with van der Waals surface area (Å²) in [6, 6.07) is 11.0. The van der Waals surface area contributed by atoms with Gasteiger partial charge in [0.15, 0.2) is 0 Å². The number of nitrogens with one attached hydrogen (secondary N) is 1. The van der Waals surface area contributed by atoms with Crippen LogP contribution in [-0.4, -0.2) is 0 Å². The number of nitrogens with two attached hydrogens (primary N) is 1. The molecule has 0 fully saturated rings. The van der Waals surface area contributed by atoms with Crippen molar-refractivity contribution in [2.24, 2.45) is 5.84 Å². The Morgan fingerprint density at radius 1 is 1.22 bits per heavy atom. The van der Waals surface area contributed by atoms with Crippen molar-refractivity contribution in [1.29, 1.82) is 0 Å². The van der Waals surface area contributed by atoms with Gasteiger partial charge < -0.3 is 0 Å². The molecule has 1 aromatic heterocycles. The summed E-state index contributed by atoms with van der Waals surface area (Å²) in [5.74, 6) is 5.72. The van der Waals surface area contributed by atoms with Gasteiger partial charge in [-0.3, -0.25) is 5.84 Å². The van der Waals surface area contributed by atoms with Crippen LogP contribution < -0.4 is 11.3 Å². The Balaban J connectivity index is 2.32. The zero-order valence-electron chi connectivity index (χ0n) is 11.2. The zero-order valence-corrected chi connectivity index (χ0v) is 12.0. The predicted molar refractivity (Wildman–Crippen MR) is 78.8 cm³/mol. The van der Waals surface area contributed by atoms with Gasteiger partial charge in [-0.25, -0.2) is 5.43 Å². The summed E-state index contributed by atoms with van der Waals surface area (Å²) in [5.41, 5.74) is 6.83. The first-order chi connectivity index (χ1) is 8.65. The predicted octanol–water partition coefficient (Wildman–Crippen LogP) is 3.48. The smallest absolute Gasteiger partial charge is 0.0802 e. The Morgan fingerprint density at radius 2 is 1.89 bits per heavy atom. The number of aryl methyl sites for hydroxylation is 3. The molecule has 0 radical (unpaired) electrons. The fourth-order valence-corrected chi connectivity index (χ4v) is 3.16. The van der Waals surface area contributed by atoms with Gasteiger partial charge in [-0.2, -0.15) is 0 Å². The van der Waals surface area contributed by atoms with Crippen molar-refractivity contribution in [2.45, 2.75) is 33.2 Å². The van der Waals surface area contributed by atoms with E-state index in [0.29, 0.717) is 0 Å². The largest absolute Gasteiger partial charge is 0.271 e. The van der Waals surface area contributed by atoms with Crippen molar-refractivity contribution in [1.82, 2.24) is 5.43 Å². The van der Waals surface area contributed by atoms with Crippen LogP contribution in [0.1, 0.15) is 39.4 Å². The summed E-state index contributed by atoms with van der Waals surface area (Å²) in [6.45, 7) is 6.46. The third-order valence-electron chi connectivity index (χ3n) is 3.36. The molecule has 1 heterocycles. The van der Waals surface area contributed by atoms with Crippen LogP contribution in [0.3, 0.4) is 0 Å². The van der Waals surface area contributed by atoms with Crippen molar-refractivity contribution in [3.8, 4) is 0 Å². The number of thiophene rings is 1. The second kappa shape index (κ2) is 5.65. The van der Waals surface area contributed by atoms with Crippen LogP contribution >= 0.6 is 11.3 Å². The van der Waals surface area contributed by atoms with E-state index in [1.54, 1.807) is 0 Å². The van der Waals surface area contributed by atoms with Crippen LogP contribution in [0.4, 0.5) is 0 Å². The van der Waals surface area contributed by atoms with Crippen LogP contribution in [-0.2, 0) is 6.42 Å². The number of hydrogen-bond acceptors (Lipinski definition) is 3. The maximum atomic E-state index is 5.72. The van der Waals surface area contributed by atoms with Crippen LogP contribution in [0.2, 0.25) is 0 Å². The van der Waals surface area contributed by atoms with E-state index in [-0.39, 0.29) is 6.04 Å². The highest BCUT2D eigenvalue weighted by Gasteiger charge is 2.15. The van der Waals surface area contributed by atoms with E-state index in [1.165, 1.54) is 26.4 Å². The highest BCUT2D eigenvalue weighted by molar-refractivity contribution is 7.12. The summed E-state index contributed by atoms with van der Waals surface area (Å²) in [4.78, 5) is 2.63. The Bertz CT molecular complexity index is 494. The third kappa shape index (κ3) is 2.64. The quantitative estimate of drug-likeness (QED) is 0.652. The molecule has 18 heavy (non-hydrogen) atoms. The molecule has 1 unspecified atom stereocenters. The number of benzene rings is 1. The molecule has 0 bridgehead atoms. The molecule has 0 aliphatic rings. The molecule has 3 N–H and O–H groups in total. The van der Waals surface area contributed by atoms with Crippen LogP contribution in [0.5, 0.6) is 0 Å². The molecule has 0 spiro atoms. The first-order valence-corrected chi connectivity index (χ1v) is 7.09. The molecule has 96 valence electrons. The topological polar surface area (TPSA) is 38.0 Å². The van der Waals surface area contributed by atoms with Crippen molar-refractivity contribution < 1.29 is 0 Å². The Labute approximate surface area is 113 Å². The Morgan fingerprint density at radius 3 is 2.33 bits per heavy atom. The fourth-order valence-electron chi connectivity index (χ4n) is 2.03. The maximum absolute atomic E-state index is 5.72. The van der Waals surface area contributed by atoms with Crippen molar-refractivity contribution in [3.05, 3.63) is 56.8 Å². The van der Waals surface area contributed by atoms with Gasteiger partial charge in [0.2, 0.25) is 0 Å². The maximum Gasteiger partial charge on any atom is 0.0802 e. The Hall–Kier alpha value is -1.16. The van der Waals surface area contributed by atoms with Gasteiger partial charge in [0.25, 0.3) is 0 Å². The normalized spacial score (nSPS) is 12.7. The first-order valence-electron chi connectivity index (χ1n) is 6.27. The lowest BCUT2D eigenvalue weighted by molar-refractivity contribution is 0.646. The van der Waals surface area contributed by atoms with E-state index >= 15 is 0 Å². The van der Waals surface area contributed by atoms with Gasteiger partial charge in [0, 0.05) is 9.75 Å². The molecule has 3 heteroatoms. The summed E-state index contributed by atoms with van der Waals surface area (Å²) in [7, 11) is 0. The summed E-state index contributed by atoms with van der Waals surface area (Å²) in [6.07, 6.45) is 1.07. The van der Waals surface area contributed by atoms with Crippen LogP contribution in [0.25, 0.3) is 0 Å². The molecule has 2 rings (SSSR count). The van der Waals surface area contributed by atoms with Gasteiger partial charge in [-0.15, -0.1) is 11.3 Å². The van der Waals surface area contributed by atoms with Gasteiger partial charge >= 0.3 is 0 Å². The monoisotopic (exact) mass is 260 g/mol. The first kappa shape index (κ1) is 13.3. The van der Waals surface area contributed by atoms with Gasteiger partial charge in [0.1, 0.15) is 0 Å². The molecule has 0 amide bonds. The lowest BCUT2D eigenvalue weighted by Gasteiger charge is -2.15. The summed E-state index contributed by atoms with van der Waals surface area (Å²) in [5, 5.41) is 0. The minimum absolute atomic E-state index is 0.0910. The molecular weight excluding hydrogens is 240 g/mol. The minimum atomic E-state index is 0.0910. The van der Waals surface area contributed by atoms with Crippen molar-refractivity contribution in [3.63, 3.8) is 0 Å². The standard InChI is InChI=1S/C15H20N2S/c1-4-12-5-7-13(8-6-12)15(17-16)14-9-10(2)11(3)18-14/h5-9,15,17H,4,16H2,1-3H3. The average molecular weight is 260 g/mol. The lowest BCUT2D eigenvalue weighted by Crippen LogP contribution is -2.28. The molecule has 0 saturated carbocycles. The van der Waals surface area contributed by atoms with Gasteiger partial charge in [-0.1, -0.05) is 31.2 Å². The number of hydrazine groups is 1. The SMILES string of the molecule is CCc1ccc(C(NN)c2cc(C)c(C)s2)cc1. The van der Waals surface area contributed by atoms with E-state index in [0.717, 1.165) is 6.42 Å². The zero-order chi connectivity index (χ0) is 13.1. The van der Waals surface area contributed by atoms with Gasteiger partial charge in [-0.05, 0) is 43.0 Å². The van der Waals surface area contributed by atoms with E-state index in [2.05, 4.69) is 56.5 Å². The van der Waals surface area contributed by atoms with Gasteiger partial charge in [0.05, 0.1) is 6.04 Å².